The van der Waals surface area contributed by atoms with Gasteiger partial charge < -0.3 is 4.74 Å². The zero-order valence-corrected chi connectivity index (χ0v) is 24.5. The summed E-state index contributed by atoms with van der Waals surface area (Å²) in [5.41, 5.74) is 3.45. The van der Waals surface area contributed by atoms with Crippen molar-refractivity contribution in [2.45, 2.75) is 133 Å². The first kappa shape index (κ1) is 25.8. The first-order valence-electron chi connectivity index (χ1n) is 14.9. The summed E-state index contributed by atoms with van der Waals surface area (Å²) in [5.74, 6) is 2.77. The van der Waals surface area contributed by atoms with Gasteiger partial charge in [0, 0.05) is 12.3 Å². The highest BCUT2D eigenvalue weighted by atomic mass is 16.5. The molecule has 0 amide bonds. The molecule has 5 saturated carbocycles. The molecule has 5 aliphatic rings. The van der Waals surface area contributed by atoms with E-state index in [0.717, 1.165) is 18.3 Å². The van der Waals surface area contributed by atoms with Gasteiger partial charge in [-0.15, -0.1) is 0 Å². The number of allylic oxidation sites excluding steroid dienone is 1. The van der Waals surface area contributed by atoms with Gasteiger partial charge in [0.1, 0.15) is 6.10 Å². The summed E-state index contributed by atoms with van der Waals surface area (Å²) >= 11 is 0. The Balaban J connectivity index is 1.54. The molecule has 0 aromatic rings. The number of hydrogen-bond acceptors (Lipinski definition) is 2. The molecule has 2 heteroatoms. The Morgan fingerprint density at radius 1 is 0.743 bits per heavy atom. The van der Waals surface area contributed by atoms with E-state index in [1.807, 2.05) is 0 Å². The summed E-state index contributed by atoms with van der Waals surface area (Å²) in [6.07, 6.45) is 13.2. The molecule has 35 heavy (non-hydrogen) atoms. The first-order valence-corrected chi connectivity index (χ1v) is 14.9. The predicted molar refractivity (Wildman–Crippen MR) is 145 cm³/mol. The van der Waals surface area contributed by atoms with Gasteiger partial charge in [-0.1, -0.05) is 60.6 Å². The number of esters is 1. The van der Waals surface area contributed by atoms with Crippen LogP contribution in [0.1, 0.15) is 127 Å². The number of ether oxygens (including phenoxy) is 1. The van der Waals surface area contributed by atoms with Crippen LogP contribution < -0.4 is 0 Å². The van der Waals surface area contributed by atoms with E-state index in [0.29, 0.717) is 38.9 Å². The summed E-state index contributed by atoms with van der Waals surface area (Å²) in [6.45, 7) is 26.7. The van der Waals surface area contributed by atoms with E-state index in [9.17, 15) is 4.79 Å². The van der Waals surface area contributed by atoms with Crippen LogP contribution in [0.2, 0.25) is 0 Å². The molecule has 0 aromatic heterocycles. The standard InChI is InChI=1S/C33H54O2/c1-21(2)23-11-15-29(6)19-20-33(10)31(8)17-12-24-28(4,5)26(35-22(3)34)14-16-30(24,7)25(31)13-18-32(33,9)27(23)29/h23-27H,1,11-20H2,2-10H3/t23-,24+,25-,26+,27+,29+,30+,31-,32+,33-/m1/s1. The molecule has 5 rings (SSSR count). The monoisotopic (exact) mass is 482 g/mol. The fraction of sp³-hybridized carbons (Fsp3) is 0.909. The third kappa shape index (κ3) is 3.10. The summed E-state index contributed by atoms with van der Waals surface area (Å²) in [5, 5.41) is 0. The summed E-state index contributed by atoms with van der Waals surface area (Å²) in [4.78, 5) is 11.9. The van der Waals surface area contributed by atoms with E-state index >= 15 is 0 Å². The van der Waals surface area contributed by atoms with Crippen molar-refractivity contribution in [3.8, 4) is 0 Å². The zero-order valence-electron chi connectivity index (χ0n) is 24.5. The molecule has 0 aliphatic heterocycles. The normalized spacial score (nSPS) is 54.6. The van der Waals surface area contributed by atoms with Crippen molar-refractivity contribution in [3.05, 3.63) is 12.2 Å². The minimum atomic E-state index is -0.109. The molecule has 5 aliphatic carbocycles. The maximum absolute atomic E-state index is 11.9. The van der Waals surface area contributed by atoms with Gasteiger partial charge in [-0.2, -0.15) is 0 Å². The van der Waals surface area contributed by atoms with E-state index in [-0.39, 0.29) is 17.5 Å². The van der Waals surface area contributed by atoms with Crippen LogP contribution in [0.5, 0.6) is 0 Å². The van der Waals surface area contributed by atoms with Gasteiger partial charge in [0.05, 0.1) is 0 Å². The Hall–Kier alpha value is -0.790. The van der Waals surface area contributed by atoms with Crippen LogP contribution in [-0.4, -0.2) is 12.1 Å². The predicted octanol–water partition coefficient (Wildman–Crippen LogP) is 8.99. The lowest BCUT2D eigenvalue weighted by molar-refractivity contribution is -0.276. The lowest BCUT2D eigenvalue weighted by Crippen LogP contribution is -2.69. The maximum atomic E-state index is 11.9. The van der Waals surface area contributed by atoms with Crippen molar-refractivity contribution < 1.29 is 9.53 Å². The van der Waals surface area contributed by atoms with Crippen LogP contribution in [0, 0.1) is 56.2 Å². The zero-order chi connectivity index (χ0) is 25.8. The number of rotatable bonds is 2. The van der Waals surface area contributed by atoms with Gasteiger partial charge in [0.2, 0.25) is 0 Å². The second-order valence-corrected chi connectivity index (χ2v) is 15.9. The molecule has 198 valence electrons. The minimum absolute atomic E-state index is 0.0449. The van der Waals surface area contributed by atoms with Crippen molar-refractivity contribution in [1.82, 2.24) is 0 Å². The molecule has 0 spiro atoms. The minimum Gasteiger partial charge on any atom is -0.462 e. The van der Waals surface area contributed by atoms with Crippen LogP contribution in [0.3, 0.4) is 0 Å². The molecule has 0 radical (unpaired) electrons. The Bertz CT molecular complexity index is 918. The van der Waals surface area contributed by atoms with Crippen LogP contribution in [0.25, 0.3) is 0 Å². The summed E-state index contributed by atoms with van der Waals surface area (Å²) in [6, 6.07) is 0. The van der Waals surface area contributed by atoms with E-state index in [1.54, 1.807) is 6.92 Å². The number of carbonyl (C=O) groups excluding carboxylic acids is 1. The van der Waals surface area contributed by atoms with Crippen LogP contribution >= 0.6 is 0 Å². The fourth-order valence-corrected chi connectivity index (χ4v) is 12.5. The molecule has 2 nitrogen and oxygen atoms in total. The van der Waals surface area contributed by atoms with Gasteiger partial charge in [0.25, 0.3) is 0 Å². The molecule has 0 N–H and O–H groups in total. The number of fused-ring (bicyclic) bond motifs is 7. The maximum Gasteiger partial charge on any atom is 0.302 e. The van der Waals surface area contributed by atoms with E-state index in [2.05, 4.69) is 62.0 Å². The molecular formula is C33H54O2. The lowest BCUT2D eigenvalue weighted by Gasteiger charge is -2.76. The molecule has 0 saturated heterocycles. The van der Waals surface area contributed by atoms with E-state index < -0.39 is 0 Å². The second-order valence-electron chi connectivity index (χ2n) is 15.9. The third-order valence-electron chi connectivity index (χ3n) is 14.5. The summed E-state index contributed by atoms with van der Waals surface area (Å²) < 4.78 is 5.93. The van der Waals surface area contributed by atoms with Crippen molar-refractivity contribution in [1.29, 1.82) is 0 Å². The first-order chi connectivity index (χ1) is 16.1. The smallest absolute Gasteiger partial charge is 0.302 e. The molecule has 0 heterocycles. The number of carbonyl (C=O) groups is 1. The molecule has 0 aromatic carbocycles. The Morgan fingerprint density at radius 2 is 1.37 bits per heavy atom. The van der Waals surface area contributed by atoms with Crippen LogP contribution in [0.4, 0.5) is 0 Å². The highest BCUT2D eigenvalue weighted by molar-refractivity contribution is 5.66. The fourth-order valence-electron chi connectivity index (χ4n) is 12.5. The van der Waals surface area contributed by atoms with Crippen LogP contribution in [0.15, 0.2) is 12.2 Å². The molecular weight excluding hydrogens is 428 g/mol. The molecule has 10 atom stereocenters. The van der Waals surface area contributed by atoms with Gasteiger partial charge in [-0.25, -0.2) is 0 Å². The average Bonchev–Trinajstić information content (AvgIpc) is 3.11. The van der Waals surface area contributed by atoms with Gasteiger partial charge in [-0.3, -0.25) is 4.79 Å². The Kier molecular flexibility index (Phi) is 5.63. The topological polar surface area (TPSA) is 26.3 Å². The highest BCUT2D eigenvalue weighted by Crippen LogP contribution is 2.81. The Morgan fingerprint density at radius 3 is 2.00 bits per heavy atom. The quantitative estimate of drug-likeness (QED) is 0.290. The van der Waals surface area contributed by atoms with Crippen molar-refractivity contribution in [3.63, 3.8) is 0 Å². The van der Waals surface area contributed by atoms with E-state index in [1.165, 1.54) is 63.4 Å². The second kappa shape index (κ2) is 7.63. The van der Waals surface area contributed by atoms with Gasteiger partial charge in [0.15, 0.2) is 0 Å². The van der Waals surface area contributed by atoms with E-state index in [4.69, 9.17) is 4.74 Å². The SMILES string of the molecule is C=C(C)[C@H]1CC[C@@]2(C)CC[C@@]3(C)[C@@](C)(CC[C@@H]4[C@@]5(C)CC[C@H](OC(C)=O)C(C)(C)[C@@H]5CC[C@]43C)[C@@H]12. The Labute approximate surface area is 216 Å². The van der Waals surface area contributed by atoms with Crippen molar-refractivity contribution >= 4 is 5.97 Å². The average molecular weight is 483 g/mol. The lowest BCUT2D eigenvalue weighted by atomic mass is 9.29. The third-order valence-corrected chi connectivity index (χ3v) is 14.5. The highest BCUT2D eigenvalue weighted by Gasteiger charge is 2.74. The largest absolute Gasteiger partial charge is 0.462 e. The molecule has 5 fully saturated rings. The van der Waals surface area contributed by atoms with Crippen molar-refractivity contribution in [2.75, 3.05) is 0 Å². The van der Waals surface area contributed by atoms with Crippen LogP contribution in [-0.2, 0) is 9.53 Å². The van der Waals surface area contributed by atoms with Gasteiger partial charge in [-0.05, 0) is 122 Å². The molecule has 0 bridgehead atoms. The summed E-state index contributed by atoms with van der Waals surface area (Å²) in [7, 11) is 0. The molecule has 0 unspecified atom stereocenters. The van der Waals surface area contributed by atoms with Crippen molar-refractivity contribution in [2.24, 2.45) is 56.2 Å². The van der Waals surface area contributed by atoms with Gasteiger partial charge >= 0.3 is 5.97 Å². The number of hydrogen-bond donors (Lipinski definition) is 0.